The molecule has 13 heteroatoms. The molecule has 1 aromatic rings. The Balaban J connectivity index is 1.46. The molecule has 1 saturated carbocycles. The first-order valence-electron chi connectivity index (χ1n) is 22.1. The standard InChI is InChI=1S/C44H75N5O8/c1-5-6-18-38(46-40(30-35-16-11-8-12-17-35)44(53)48-22-19-36(20-23-48)57-32-55-4)43(52)47-39(29-34-14-9-7-10-15-34)41(50)31-37(33(2)3)42(51)45-21-13-24-49(54)25-27-56-28-26-49/h8,11-12,16-17,33-34,36-41,46,50H,5-7,9-10,13-15,18-32H2,1-4H3,(H,45,51)(H,47,52)/t37-,38-,39-,40-,41-/m0/s1. The van der Waals surface area contributed by atoms with E-state index in [0.717, 1.165) is 56.9 Å². The van der Waals surface area contributed by atoms with Gasteiger partial charge >= 0.3 is 0 Å². The summed E-state index contributed by atoms with van der Waals surface area (Å²) in [6.07, 6.45) is 10.2. The van der Waals surface area contributed by atoms with Gasteiger partial charge in [-0.1, -0.05) is 96.0 Å². The third-order valence-electron chi connectivity index (χ3n) is 12.4. The predicted molar refractivity (Wildman–Crippen MR) is 222 cm³/mol. The van der Waals surface area contributed by atoms with Gasteiger partial charge in [-0.25, -0.2) is 0 Å². The van der Waals surface area contributed by atoms with Crippen LogP contribution >= 0.6 is 0 Å². The minimum atomic E-state index is -0.937. The Morgan fingerprint density at radius 1 is 0.982 bits per heavy atom. The van der Waals surface area contributed by atoms with Gasteiger partial charge in [0.15, 0.2) is 0 Å². The third-order valence-corrected chi connectivity index (χ3v) is 12.4. The number of morpholine rings is 1. The third kappa shape index (κ3) is 16.1. The number of nitrogens with one attached hydrogen (secondary N) is 3. The number of benzene rings is 1. The zero-order valence-electron chi connectivity index (χ0n) is 35.5. The maximum absolute atomic E-state index is 14.5. The van der Waals surface area contributed by atoms with Crippen molar-refractivity contribution < 1.29 is 38.3 Å². The summed E-state index contributed by atoms with van der Waals surface area (Å²) >= 11 is 0. The SMILES string of the molecule is CCCC[C@H](N[C@@H](Cc1ccccc1)C(=O)N1CCC(OCOC)CC1)C(=O)N[C@@H](CC1CCCCC1)[C@@H](O)C[C@H](C(=O)NCCC[N+]1([O-])CCOCC1)C(C)C. The molecule has 4 N–H and O–H groups in total. The minimum absolute atomic E-state index is 0.0277. The van der Waals surface area contributed by atoms with Crippen LogP contribution in [0.2, 0.25) is 0 Å². The molecular formula is C44H75N5O8. The highest BCUT2D eigenvalue weighted by molar-refractivity contribution is 5.86. The molecule has 2 aliphatic heterocycles. The average molecular weight is 802 g/mol. The lowest BCUT2D eigenvalue weighted by molar-refractivity contribution is -0.888. The van der Waals surface area contributed by atoms with Gasteiger partial charge in [0.05, 0.1) is 50.1 Å². The Labute approximate surface area is 342 Å². The molecule has 5 atom stereocenters. The van der Waals surface area contributed by atoms with E-state index in [2.05, 4.69) is 22.9 Å². The molecule has 13 nitrogen and oxygen atoms in total. The van der Waals surface area contributed by atoms with Crippen molar-refractivity contribution in [3.05, 3.63) is 41.1 Å². The summed E-state index contributed by atoms with van der Waals surface area (Å²) in [5.41, 5.74) is 1.01. The van der Waals surface area contributed by atoms with Gasteiger partial charge in [0.25, 0.3) is 0 Å². The second-order valence-electron chi connectivity index (χ2n) is 17.2. The molecule has 1 aliphatic carbocycles. The number of hydroxylamine groups is 3. The van der Waals surface area contributed by atoms with Gasteiger partial charge in [0, 0.05) is 39.1 Å². The molecule has 0 radical (unpaired) electrons. The number of quaternary nitrogens is 1. The lowest BCUT2D eigenvalue weighted by atomic mass is 9.81. The van der Waals surface area contributed by atoms with Crippen molar-refractivity contribution in [2.45, 2.75) is 141 Å². The second-order valence-corrected chi connectivity index (χ2v) is 17.2. The van der Waals surface area contributed by atoms with E-state index in [1.54, 1.807) is 7.11 Å². The first-order chi connectivity index (χ1) is 27.5. The molecule has 2 saturated heterocycles. The Kier molecular flexibility index (Phi) is 20.7. The quantitative estimate of drug-likeness (QED) is 0.0504. The topological polar surface area (TPSA) is 162 Å². The largest absolute Gasteiger partial charge is 0.633 e. The number of nitrogens with zero attached hydrogens (tertiary/aromatic N) is 2. The number of hydrogen-bond acceptors (Lipinski definition) is 9. The number of piperidine rings is 1. The fourth-order valence-electron chi connectivity index (χ4n) is 8.73. The molecule has 0 bridgehead atoms. The monoisotopic (exact) mass is 802 g/mol. The van der Waals surface area contributed by atoms with Gasteiger partial charge in [-0.2, -0.15) is 0 Å². The first-order valence-corrected chi connectivity index (χ1v) is 22.1. The number of carbonyl (C=O) groups excluding carboxylic acids is 3. The van der Waals surface area contributed by atoms with E-state index in [-0.39, 0.29) is 47.6 Å². The number of unbranched alkanes of at least 4 members (excludes halogenated alkanes) is 1. The highest BCUT2D eigenvalue weighted by Crippen LogP contribution is 2.30. The lowest BCUT2D eigenvalue weighted by Gasteiger charge is -2.45. The Morgan fingerprint density at radius 3 is 2.33 bits per heavy atom. The zero-order chi connectivity index (χ0) is 41.0. The Bertz CT molecular complexity index is 1300. The normalized spacial score (nSPS) is 20.7. The highest BCUT2D eigenvalue weighted by Gasteiger charge is 2.36. The van der Waals surface area contributed by atoms with E-state index >= 15 is 0 Å². The Morgan fingerprint density at radius 2 is 1.68 bits per heavy atom. The van der Waals surface area contributed by atoms with Crippen molar-refractivity contribution in [1.29, 1.82) is 0 Å². The van der Waals surface area contributed by atoms with E-state index in [9.17, 15) is 24.7 Å². The van der Waals surface area contributed by atoms with Crippen LogP contribution in [-0.4, -0.2) is 129 Å². The van der Waals surface area contributed by atoms with E-state index in [1.165, 1.54) is 6.42 Å². The first kappa shape index (κ1) is 47.0. The number of aliphatic hydroxyl groups excluding tert-OH is 1. The van der Waals surface area contributed by atoms with Gasteiger partial charge in [-0.05, 0) is 55.9 Å². The van der Waals surface area contributed by atoms with E-state index in [4.69, 9.17) is 14.2 Å². The average Bonchev–Trinajstić information content (AvgIpc) is 3.22. The van der Waals surface area contributed by atoms with E-state index in [0.29, 0.717) is 84.1 Å². The summed E-state index contributed by atoms with van der Waals surface area (Å²) in [7, 11) is 1.60. The van der Waals surface area contributed by atoms with Crippen molar-refractivity contribution in [3.8, 4) is 0 Å². The van der Waals surface area contributed by atoms with E-state index < -0.39 is 30.1 Å². The maximum Gasteiger partial charge on any atom is 0.240 e. The number of likely N-dealkylation sites (tertiary alicyclic amines) is 1. The molecule has 0 aromatic heterocycles. The van der Waals surface area contributed by atoms with Gasteiger partial charge in [0.1, 0.15) is 19.9 Å². The number of ether oxygens (including phenoxy) is 3. The van der Waals surface area contributed by atoms with Crippen LogP contribution in [0.1, 0.15) is 110 Å². The molecule has 0 unspecified atom stereocenters. The smallest absolute Gasteiger partial charge is 0.240 e. The molecule has 0 spiro atoms. The Hall–Kier alpha value is -2.65. The zero-order valence-corrected chi connectivity index (χ0v) is 35.5. The molecule has 324 valence electrons. The summed E-state index contributed by atoms with van der Waals surface area (Å²) in [6.45, 7) is 10.1. The summed E-state index contributed by atoms with van der Waals surface area (Å²) in [5.74, 6) is -0.508. The van der Waals surface area contributed by atoms with Crippen molar-refractivity contribution in [2.75, 3.05) is 66.4 Å². The van der Waals surface area contributed by atoms with Gasteiger partial charge in [-0.15, -0.1) is 0 Å². The van der Waals surface area contributed by atoms with Gasteiger partial charge < -0.3 is 44.7 Å². The molecule has 4 rings (SSSR count). The molecule has 3 fully saturated rings. The van der Waals surface area contributed by atoms with Gasteiger partial charge in [0.2, 0.25) is 17.7 Å². The van der Waals surface area contributed by atoms with Crippen molar-refractivity contribution in [2.24, 2.45) is 17.8 Å². The summed E-state index contributed by atoms with van der Waals surface area (Å²) in [4.78, 5) is 44.2. The molecule has 3 aliphatic rings. The predicted octanol–water partition coefficient (Wildman–Crippen LogP) is 4.69. The molecule has 3 amide bonds. The van der Waals surface area contributed by atoms with Crippen LogP contribution in [0.4, 0.5) is 0 Å². The highest BCUT2D eigenvalue weighted by atomic mass is 16.7. The van der Waals surface area contributed by atoms with Crippen molar-refractivity contribution in [1.82, 2.24) is 20.9 Å². The molecule has 1 aromatic carbocycles. The van der Waals surface area contributed by atoms with Crippen LogP contribution in [0.3, 0.4) is 0 Å². The number of hydrogen-bond donors (Lipinski definition) is 4. The van der Waals surface area contributed by atoms with Crippen LogP contribution in [0.5, 0.6) is 0 Å². The van der Waals surface area contributed by atoms with Crippen LogP contribution in [-0.2, 0) is 35.0 Å². The molecule has 57 heavy (non-hydrogen) atoms. The van der Waals surface area contributed by atoms with Crippen LogP contribution in [0, 0.1) is 23.0 Å². The van der Waals surface area contributed by atoms with Crippen LogP contribution in [0.15, 0.2) is 30.3 Å². The number of amides is 3. The van der Waals surface area contributed by atoms with Gasteiger partial charge in [-0.3, -0.25) is 19.7 Å². The number of rotatable bonds is 24. The molecule has 2 heterocycles. The fraction of sp³-hybridized carbons (Fsp3) is 0.795. The number of carbonyl (C=O) groups is 3. The molecular weight excluding hydrogens is 727 g/mol. The van der Waals surface area contributed by atoms with Crippen molar-refractivity contribution in [3.63, 3.8) is 0 Å². The number of aliphatic hydroxyl groups is 1. The minimum Gasteiger partial charge on any atom is -0.633 e. The van der Waals surface area contributed by atoms with Crippen LogP contribution in [0.25, 0.3) is 0 Å². The second kappa shape index (κ2) is 25.1. The lowest BCUT2D eigenvalue weighted by Crippen LogP contribution is -2.58. The fourth-order valence-corrected chi connectivity index (χ4v) is 8.73. The summed E-state index contributed by atoms with van der Waals surface area (Å²) in [6, 6.07) is 8.11. The summed E-state index contributed by atoms with van der Waals surface area (Å²) < 4.78 is 15.9. The van der Waals surface area contributed by atoms with Crippen molar-refractivity contribution >= 4 is 17.7 Å². The van der Waals surface area contributed by atoms with E-state index in [1.807, 2.05) is 49.1 Å². The summed E-state index contributed by atoms with van der Waals surface area (Å²) in [5, 5.41) is 34.7. The maximum atomic E-state index is 14.5. The number of methoxy groups -OCH3 is 1. The van der Waals surface area contributed by atoms with Crippen LogP contribution < -0.4 is 16.0 Å².